The van der Waals surface area contributed by atoms with Crippen molar-refractivity contribution in [3.05, 3.63) is 63.4 Å². The first-order valence-electron chi connectivity index (χ1n) is 5.29. The minimum atomic E-state index is -0.679. The maximum Gasteiger partial charge on any atom is 0.131 e. The predicted octanol–water partition coefficient (Wildman–Crippen LogP) is 5.02. The van der Waals surface area contributed by atoms with Crippen molar-refractivity contribution in [2.45, 2.75) is 6.54 Å². The van der Waals surface area contributed by atoms with Crippen molar-refractivity contribution in [2.75, 3.05) is 5.32 Å². The van der Waals surface area contributed by atoms with Gasteiger partial charge in [-0.1, -0.05) is 29.3 Å². The third-order valence-electron chi connectivity index (χ3n) is 2.48. The Morgan fingerprint density at radius 1 is 0.895 bits per heavy atom. The molecule has 0 radical (unpaired) electrons. The van der Waals surface area contributed by atoms with Gasteiger partial charge in [0.25, 0.3) is 0 Å². The van der Waals surface area contributed by atoms with Gasteiger partial charge in [-0.2, -0.15) is 0 Å². The molecule has 1 nitrogen and oxygen atoms in total. The van der Waals surface area contributed by atoms with E-state index in [2.05, 4.69) is 5.32 Å². The standard InChI is InChI=1S/C13H8Cl2F3N/c14-10-3-9(17)4-11(15)13(10)19-6-7-1-2-8(16)5-12(7)18/h1-5,19H,6H2. The summed E-state index contributed by atoms with van der Waals surface area (Å²) in [5.74, 6) is -1.89. The zero-order valence-corrected chi connectivity index (χ0v) is 11.0. The third-order valence-corrected chi connectivity index (χ3v) is 3.07. The van der Waals surface area contributed by atoms with Crippen molar-refractivity contribution in [3.8, 4) is 0 Å². The van der Waals surface area contributed by atoms with Crippen molar-refractivity contribution in [1.29, 1.82) is 0 Å². The van der Waals surface area contributed by atoms with Crippen molar-refractivity contribution >= 4 is 28.9 Å². The molecule has 2 aromatic rings. The molecule has 0 unspecified atom stereocenters. The van der Waals surface area contributed by atoms with Crippen LogP contribution in [0.4, 0.5) is 18.9 Å². The van der Waals surface area contributed by atoms with E-state index in [1.165, 1.54) is 6.07 Å². The van der Waals surface area contributed by atoms with Gasteiger partial charge in [-0.25, -0.2) is 13.2 Å². The zero-order chi connectivity index (χ0) is 14.0. The molecule has 0 atom stereocenters. The van der Waals surface area contributed by atoms with Gasteiger partial charge in [-0.15, -0.1) is 0 Å². The molecule has 1 N–H and O–H groups in total. The summed E-state index contributed by atoms with van der Waals surface area (Å²) in [6.45, 7) is 0.0528. The van der Waals surface area contributed by atoms with Crippen LogP contribution in [0.5, 0.6) is 0 Å². The quantitative estimate of drug-likeness (QED) is 0.839. The Bertz CT molecular complexity index is 594. The Morgan fingerprint density at radius 3 is 2.11 bits per heavy atom. The number of nitrogens with one attached hydrogen (secondary N) is 1. The molecule has 0 aliphatic carbocycles. The lowest BCUT2D eigenvalue weighted by Crippen LogP contribution is -2.03. The van der Waals surface area contributed by atoms with Gasteiger partial charge in [0.05, 0.1) is 15.7 Å². The van der Waals surface area contributed by atoms with E-state index in [1.54, 1.807) is 0 Å². The summed E-state index contributed by atoms with van der Waals surface area (Å²) in [5.41, 5.74) is 0.548. The van der Waals surface area contributed by atoms with Crippen LogP contribution in [-0.2, 0) is 6.54 Å². The van der Waals surface area contributed by atoms with Crippen LogP contribution in [0.15, 0.2) is 30.3 Å². The van der Waals surface area contributed by atoms with Crippen LogP contribution in [0.1, 0.15) is 5.56 Å². The molecule has 100 valence electrons. The summed E-state index contributed by atoms with van der Waals surface area (Å²) in [6.07, 6.45) is 0. The average Bonchev–Trinajstić information content (AvgIpc) is 2.30. The predicted molar refractivity (Wildman–Crippen MR) is 70.1 cm³/mol. The van der Waals surface area contributed by atoms with Crippen molar-refractivity contribution in [3.63, 3.8) is 0 Å². The van der Waals surface area contributed by atoms with Crippen LogP contribution in [0.2, 0.25) is 10.0 Å². The molecule has 0 spiro atoms. The molecule has 0 heterocycles. The molecule has 2 aromatic carbocycles. The largest absolute Gasteiger partial charge is 0.378 e. The molecule has 0 amide bonds. The van der Waals surface area contributed by atoms with E-state index in [-0.39, 0.29) is 22.2 Å². The molecule has 0 saturated carbocycles. The molecule has 2 rings (SSSR count). The van der Waals surface area contributed by atoms with E-state index in [1.807, 2.05) is 0 Å². The Labute approximate surface area is 118 Å². The highest BCUT2D eigenvalue weighted by atomic mass is 35.5. The first-order valence-corrected chi connectivity index (χ1v) is 6.05. The second-order valence-electron chi connectivity index (χ2n) is 3.83. The van der Waals surface area contributed by atoms with Crippen LogP contribution >= 0.6 is 23.2 Å². The maximum atomic E-state index is 13.4. The first kappa shape index (κ1) is 14.0. The lowest BCUT2D eigenvalue weighted by molar-refractivity contribution is 0.574. The van der Waals surface area contributed by atoms with Gasteiger partial charge in [-0.05, 0) is 18.2 Å². The van der Waals surface area contributed by atoms with Gasteiger partial charge >= 0.3 is 0 Å². The second kappa shape index (κ2) is 5.72. The van der Waals surface area contributed by atoms with Gasteiger partial charge in [-0.3, -0.25) is 0 Å². The number of anilines is 1. The molecule has 0 bridgehead atoms. The van der Waals surface area contributed by atoms with E-state index in [4.69, 9.17) is 23.2 Å². The summed E-state index contributed by atoms with van der Waals surface area (Å²) in [4.78, 5) is 0. The van der Waals surface area contributed by atoms with Crippen LogP contribution in [0, 0.1) is 17.5 Å². The van der Waals surface area contributed by atoms with E-state index < -0.39 is 17.5 Å². The fourth-order valence-corrected chi connectivity index (χ4v) is 2.15. The van der Waals surface area contributed by atoms with Gasteiger partial charge in [0.15, 0.2) is 0 Å². The van der Waals surface area contributed by atoms with Gasteiger partial charge in [0, 0.05) is 18.2 Å². The van der Waals surface area contributed by atoms with Gasteiger partial charge in [0.1, 0.15) is 17.5 Å². The van der Waals surface area contributed by atoms with Crippen LogP contribution < -0.4 is 5.32 Å². The van der Waals surface area contributed by atoms with E-state index in [9.17, 15) is 13.2 Å². The second-order valence-corrected chi connectivity index (χ2v) is 4.65. The molecule has 19 heavy (non-hydrogen) atoms. The fraction of sp³-hybridized carbons (Fsp3) is 0.0769. The van der Waals surface area contributed by atoms with Crippen molar-refractivity contribution < 1.29 is 13.2 Å². The summed E-state index contributed by atoms with van der Waals surface area (Å²) in [6, 6.07) is 5.43. The molecule has 6 heteroatoms. The molecule has 0 saturated heterocycles. The average molecular weight is 306 g/mol. The van der Waals surface area contributed by atoms with Gasteiger partial charge < -0.3 is 5.32 Å². The minimum Gasteiger partial charge on any atom is -0.378 e. The highest BCUT2D eigenvalue weighted by Gasteiger charge is 2.10. The van der Waals surface area contributed by atoms with E-state index in [0.717, 1.165) is 24.3 Å². The number of halogens is 5. The molecular formula is C13H8Cl2F3N. The Hall–Kier alpha value is -1.39. The Morgan fingerprint density at radius 2 is 1.53 bits per heavy atom. The molecule has 0 aliphatic rings. The summed E-state index contributed by atoms with van der Waals surface area (Å²) >= 11 is 11.7. The Kier molecular flexibility index (Phi) is 4.22. The summed E-state index contributed by atoms with van der Waals surface area (Å²) in [7, 11) is 0. The normalized spacial score (nSPS) is 10.6. The number of benzene rings is 2. The number of rotatable bonds is 3. The monoisotopic (exact) mass is 305 g/mol. The lowest BCUT2D eigenvalue weighted by Gasteiger charge is -2.11. The van der Waals surface area contributed by atoms with Crippen molar-refractivity contribution in [1.82, 2.24) is 0 Å². The summed E-state index contributed by atoms with van der Waals surface area (Å²) in [5, 5.41) is 2.97. The number of hydrogen-bond acceptors (Lipinski definition) is 1. The zero-order valence-electron chi connectivity index (χ0n) is 9.48. The summed E-state index contributed by atoms with van der Waals surface area (Å²) < 4.78 is 39.1. The minimum absolute atomic E-state index is 0.0528. The third kappa shape index (κ3) is 3.33. The van der Waals surface area contributed by atoms with Crippen LogP contribution in [-0.4, -0.2) is 0 Å². The lowest BCUT2D eigenvalue weighted by atomic mass is 10.2. The Balaban J connectivity index is 2.19. The fourth-order valence-electron chi connectivity index (χ4n) is 1.56. The first-order chi connectivity index (χ1) is 8.97. The smallest absolute Gasteiger partial charge is 0.131 e. The van der Waals surface area contributed by atoms with Crippen LogP contribution in [0.3, 0.4) is 0 Å². The van der Waals surface area contributed by atoms with Crippen LogP contribution in [0.25, 0.3) is 0 Å². The molecule has 0 fully saturated rings. The van der Waals surface area contributed by atoms with Gasteiger partial charge in [0.2, 0.25) is 0 Å². The highest BCUT2D eigenvalue weighted by Crippen LogP contribution is 2.31. The molecule has 0 aliphatic heterocycles. The highest BCUT2D eigenvalue weighted by molar-refractivity contribution is 6.39. The number of hydrogen-bond donors (Lipinski definition) is 1. The maximum absolute atomic E-state index is 13.4. The molecular weight excluding hydrogens is 298 g/mol. The SMILES string of the molecule is Fc1ccc(CNc2c(Cl)cc(F)cc2Cl)c(F)c1. The topological polar surface area (TPSA) is 12.0 Å². The van der Waals surface area contributed by atoms with Crippen molar-refractivity contribution in [2.24, 2.45) is 0 Å². The van der Waals surface area contributed by atoms with E-state index >= 15 is 0 Å². The van der Waals surface area contributed by atoms with E-state index in [0.29, 0.717) is 5.69 Å². The molecule has 0 aromatic heterocycles.